The van der Waals surface area contributed by atoms with Crippen molar-refractivity contribution in [2.75, 3.05) is 6.54 Å². The first-order valence-corrected chi connectivity index (χ1v) is 15.9. The third kappa shape index (κ3) is 7.92. The van der Waals surface area contributed by atoms with Crippen LogP contribution < -0.4 is 31.3 Å². The van der Waals surface area contributed by atoms with Crippen LogP contribution in [0, 0.1) is 17.8 Å². The molecule has 3 fully saturated rings. The smallest absolute Gasteiger partial charge is 0.0675 e. The van der Waals surface area contributed by atoms with Crippen molar-refractivity contribution in [1.82, 2.24) is 20.9 Å². The largest absolute Gasteiger partial charge is 0.549 e. The van der Waals surface area contributed by atoms with E-state index in [2.05, 4.69) is 16.0 Å². The number of piperidine rings is 3. The first-order valence-electron chi connectivity index (χ1n) is 15.9. The van der Waals surface area contributed by atoms with E-state index >= 15 is 0 Å². The lowest BCUT2D eigenvalue weighted by molar-refractivity contribution is -0.339. The molecule has 1 atom stereocenters. The molecule has 0 aromatic rings. The lowest BCUT2D eigenvalue weighted by atomic mass is 9.57. The fourth-order valence-corrected chi connectivity index (χ4v) is 10.3. The summed E-state index contributed by atoms with van der Waals surface area (Å²) in [4.78, 5) is 41.3. The molecule has 3 N–H and O–H groups in total. The van der Waals surface area contributed by atoms with Crippen LogP contribution >= 0.6 is 0 Å². The van der Waals surface area contributed by atoms with Gasteiger partial charge in [0.2, 0.25) is 0 Å². The number of carboxylic acid groups (broad SMARTS) is 3. The SMILES string of the molecule is CC1(C)CC(C(C(=O)[O-])N(CC(=O)[O-])C(C(=O)[O-])(C2CC(C)(C)NC(C)(C)C2)C2CC(C)(C)NC(C)(C)C2)CC(C)(C)N1. The molecule has 43 heavy (non-hydrogen) atoms. The number of carbonyl (C=O) groups is 3. The van der Waals surface area contributed by atoms with Gasteiger partial charge in [-0.15, -0.1) is 0 Å². The molecule has 0 bridgehead atoms. The summed E-state index contributed by atoms with van der Waals surface area (Å²) >= 11 is 0. The highest BCUT2D eigenvalue weighted by molar-refractivity contribution is 5.82. The number of nitrogens with one attached hydrogen (secondary N) is 3. The fourth-order valence-electron chi connectivity index (χ4n) is 10.3. The average Bonchev–Trinajstić information content (AvgIpc) is 2.66. The van der Waals surface area contributed by atoms with E-state index in [1.807, 2.05) is 83.1 Å². The summed E-state index contributed by atoms with van der Waals surface area (Å²) in [6.45, 7) is 23.1. The van der Waals surface area contributed by atoms with Crippen LogP contribution in [0.4, 0.5) is 0 Å². The summed E-state index contributed by atoms with van der Waals surface area (Å²) in [5.74, 6) is -6.25. The molecule has 3 aliphatic rings. The van der Waals surface area contributed by atoms with E-state index in [1.54, 1.807) is 0 Å². The molecule has 10 heteroatoms. The summed E-state index contributed by atoms with van der Waals surface area (Å²) in [6.07, 6.45) is 2.36. The van der Waals surface area contributed by atoms with Gasteiger partial charge < -0.3 is 45.7 Å². The normalized spacial score (nSPS) is 27.8. The van der Waals surface area contributed by atoms with Gasteiger partial charge in [0, 0.05) is 39.8 Å². The number of aliphatic carboxylic acids is 3. The predicted molar refractivity (Wildman–Crippen MR) is 160 cm³/mol. The van der Waals surface area contributed by atoms with Crippen molar-refractivity contribution in [3.05, 3.63) is 0 Å². The Morgan fingerprint density at radius 2 is 0.930 bits per heavy atom. The van der Waals surface area contributed by atoms with E-state index in [0.717, 1.165) is 0 Å². The molecular weight excluding hydrogens is 548 g/mol. The van der Waals surface area contributed by atoms with Gasteiger partial charge in [-0.25, -0.2) is 0 Å². The minimum absolute atomic E-state index is 0.391. The maximum Gasteiger partial charge on any atom is 0.0675 e. The molecule has 1 unspecified atom stereocenters. The Bertz CT molecular complexity index is 1010. The van der Waals surface area contributed by atoms with Gasteiger partial charge in [-0.3, -0.25) is 4.90 Å². The van der Waals surface area contributed by atoms with Crippen LogP contribution in [0.25, 0.3) is 0 Å². The van der Waals surface area contributed by atoms with Crippen molar-refractivity contribution in [3.8, 4) is 0 Å². The molecule has 0 amide bonds. The van der Waals surface area contributed by atoms with Crippen molar-refractivity contribution in [2.24, 2.45) is 17.8 Å². The third-order valence-corrected chi connectivity index (χ3v) is 9.97. The molecule has 0 aliphatic carbocycles. The van der Waals surface area contributed by atoms with Crippen LogP contribution in [0.2, 0.25) is 0 Å². The van der Waals surface area contributed by atoms with Gasteiger partial charge >= 0.3 is 0 Å². The van der Waals surface area contributed by atoms with Gasteiger partial charge in [0.15, 0.2) is 0 Å². The number of carboxylic acids is 3. The van der Waals surface area contributed by atoms with Crippen molar-refractivity contribution < 1.29 is 29.7 Å². The number of rotatable bonds is 9. The number of nitrogens with zero attached hydrogens (tertiary/aromatic N) is 1. The van der Waals surface area contributed by atoms with Crippen LogP contribution in [0.15, 0.2) is 0 Å². The van der Waals surface area contributed by atoms with E-state index in [0.29, 0.717) is 38.5 Å². The van der Waals surface area contributed by atoms with Crippen LogP contribution in [0.1, 0.15) is 122 Å². The second-order valence-corrected chi connectivity index (χ2v) is 17.9. The second kappa shape index (κ2) is 11.2. The van der Waals surface area contributed by atoms with Gasteiger partial charge in [0.1, 0.15) is 0 Å². The highest BCUT2D eigenvalue weighted by Crippen LogP contribution is 2.52. The van der Waals surface area contributed by atoms with Crippen LogP contribution in [-0.4, -0.2) is 74.2 Å². The first kappa shape index (κ1) is 35.7. The molecule has 3 heterocycles. The molecule has 10 nitrogen and oxygen atoms in total. The zero-order valence-electron chi connectivity index (χ0n) is 28.7. The molecule has 0 aromatic heterocycles. The van der Waals surface area contributed by atoms with Crippen molar-refractivity contribution in [2.45, 2.75) is 166 Å². The monoisotopic (exact) mass is 605 g/mol. The second-order valence-electron chi connectivity index (χ2n) is 17.9. The maximum atomic E-state index is 14.1. The summed E-state index contributed by atoms with van der Waals surface area (Å²) in [6, 6.07) is -1.49. The van der Waals surface area contributed by atoms with E-state index in [4.69, 9.17) is 0 Å². The molecule has 0 spiro atoms. The van der Waals surface area contributed by atoms with Gasteiger partial charge in [0.05, 0.1) is 29.5 Å². The minimum atomic E-state index is -1.93. The Labute approximate surface area is 259 Å². The molecule has 0 radical (unpaired) electrons. The van der Waals surface area contributed by atoms with Crippen molar-refractivity contribution in [3.63, 3.8) is 0 Å². The summed E-state index contributed by atoms with van der Waals surface area (Å²) < 4.78 is 0. The fraction of sp³-hybridized carbons (Fsp3) is 0.909. The van der Waals surface area contributed by atoms with Gasteiger partial charge in [-0.05, 0) is 139 Å². The topological polar surface area (TPSA) is 160 Å². The maximum absolute atomic E-state index is 14.1. The molecule has 248 valence electrons. The Balaban J connectivity index is 2.40. The van der Waals surface area contributed by atoms with Crippen LogP contribution in [0.5, 0.6) is 0 Å². The summed E-state index contributed by atoms with van der Waals surface area (Å²) in [7, 11) is 0. The van der Waals surface area contributed by atoms with Crippen LogP contribution in [0.3, 0.4) is 0 Å². The van der Waals surface area contributed by atoms with E-state index < -0.39 is 87.0 Å². The highest BCUT2D eigenvalue weighted by atomic mass is 16.4. The highest BCUT2D eigenvalue weighted by Gasteiger charge is 2.60. The summed E-state index contributed by atoms with van der Waals surface area (Å²) in [5.41, 5.74) is -4.91. The Morgan fingerprint density at radius 3 is 1.19 bits per heavy atom. The Hall–Kier alpha value is -1.75. The van der Waals surface area contributed by atoms with Gasteiger partial charge in [0.25, 0.3) is 0 Å². The third-order valence-electron chi connectivity index (χ3n) is 9.97. The first-order chi connectivity index (χ1) is 19.1. The van der Waals surface area contributed by atoms with E-state index in [-0.39, 0.29) is 0 Å². The Kier molecular flexibility index (Phi) is 9.34. The zero-order chi connectivity index (χ0) is 33.2. The minimum Gasteiger partial charge on any atom is -0.549 e. The number of hydrogen-bond donors (Lipinski definition) is 3. The standard InChI is InChI=1S/C33H60N4O6/c1-27(2)13-20(14-28(3,4)34-27)24(25(40)41)37(19-23(38)39)33(26(42)43,21-15-29(5,6)35-30(7,8)16-21)22-17-31(9,10)36-32(11,12)18-22/h20-22,24,34-36H,13-19H2,1-12H3,(H,38,39)(H,40,41)(H,42,43)/p-3. The van der Waals surface area contributed by atoms with E-state index in [1.165, 1.54) is 4.90 Å². The zero-order valence-corrected chi connectivity index (χ0v) is 28.7. The van der Waals surface area contributed by atoms with E-state index in [9.17, 15) is 29.7 Å². The van der Waals surface area contributed by atoms with Crippen LogP contribution in [-0.2, 0) is 14.4 Å². The van der Waals surface area contributed by atoms with Crippen molar-refractivity contribution in [1.29, 1.82) is 0 Å². The lowest BCUT2D eigenvalue weighted by Crippen LogP contribution is -2.79. The van der Waals surface area contributed by atoms with Crippen molar-refractivity contribution >= 4 is 17.9 Å². The predicted octanol–water partition coefficient (Wildman–Crippen LogP) is 0.316. The quantitative estimate of drug-likeness (QED) is 0.334. The molecule has 3 saturated heterocycles. The average molecular weight is 606 g/mol. The number of carbonyl (C=O) groups excluding carboxylic acids is 3. The number of hydrogen-bond acceptors (Lipinski definition) is 10. The lowest BCUT2D eigenvalue weighted by Gasteiger charge is -2.64. The molecular formula is C33H57N4O6-3. The summed E-state index contributed by atoms with van der Waals surface area (Å²) in [5, 5.41) is 50.9. The van der Waals surface area contributed by atoms with Gasteiger partial charge in [-0.2, -0.15) is 0 Å². The molecule has 3 aliphatic heterocycles. The molecule has 3 rings (SSSR count). The molecule has 0 aromatic carbocycles. The van der Waals surface area contributed by atoms with Gasteiger partial charge in [-0.1, -0.05) is 0 Å². The molecule has 0 saturated carbocycles. The Morgan fingerprint density at radius 1 is 0.628 bits per heavy atom.